The Kier molecular flexibility index (Phi) is 5.26. The summed E-state index contributed by atoms with van der Waals surface area (Å²) in [6, 6.07) is 4.08. The lowest BCUT2D eigenvalue weighted by molar-refractivity contribution is -0.141. The molecular formula is C13H17BrF3N3. The van der Waals surface area contributed by atoms with Gasteiger partial charge in [0.1, 0.15) is 11.5 Å². The smallest absolute Gasteiger partial charge is 0.355 e. The lowest BCUT2D eigenvalue weighted by Gasteiger charge is -2.23. The number of hydrogen-bond donors (Lipinski definition) is 0. The van der Waals surface area contributed by atoms with E-state index in [1.165, 1.54) is 6.07 Å². The molecule has 0 aromatic carbocycles. The number of halogens is 4. The minimum absolute atomic E-state index is 0.417. The Morgan fingerprint density at radius 1 is 1.15 bits per heavy atom. The van der Waals surface area contributed by atoms with Gasteiger partial charge < -0.3 is 9.80 Å². The molecule has 0 saturated carbocycles. The van der Waals surface area contributed by atoms with Crippen molar-refractivity contribution in [1.82, 2.24) is 9.88 Å². The zero-order valence-electron chi connectivity index (χ0n) is 11.0. The Morgan fingerprint density at radius 2 is 1.95 bits per heavy atom. The van der Waals surface area contributed by atoms with Crippen LogP contribution >= 0.6 is 15.9 Å². The van der Waals surface area contributed by atoms with Crippen molar-refractivity contribution in [1.29, 1.82) is 0 Å². The Morgan fingerprint density at radius 3 is 2.65 bits per heavy atom. The Hall–Kier alpha value is -0.820. The third-order valence-corrected chi connectivity index (χ3v) is 3.69. The fourth-order valence-corrected chi connectivity index (χ4v) is 2.80. The Bertz CT molecular complexity index is 439. The van der Waals surface area contributed by atoms with Gasteiger partial charge in [-0.25, -0.2) is 4.98 Å². The van der Waals surface area contributed by atoms with Gasteiger partial charge in [0.2, 0.25) is 0 Å². The third-order valence-electron chi connectivity index (χ3n) is 3.34. The molecule has 1 saturated heterocycles. The molecule has 1 aromatic heterocycles. The Balaban J connectivity index is 2.08. The average molecular weight is 352 g/mol. The maximum Gasteiger partial charge on any atom is 0.433 e. The molecule has 0 unspecified atom stereocenters. The van der Waals surface area contributed by atoms with Crippen LogP contribution in [0.15, 0.2) is 18.2 Å². The van der Waals surface area contributed by atoms with Gasteiger partial charge in [-0.3, -0.25) is 0 Å². The number of pyridine rings is 1. The fraction of sp³-hybridized carbons (Fsp3) is 0.615. The summed E-state index contributed by atoms with van der Waals surface area (Å²) in [6.45, 7) is 4.24. The van der Waals surface area contributed by atoms with Crippen LogP contribution in [0.25, 0.3) is 0 Å². The standard InChI is InChI=1S/C13H17BrF3N3/c14-5-8-19-6-2-7-20(10-9-19)12-4-1-3-11(18-12)13(15,16)17/h1,3-4H,2,5-10H2. The SMILES string of the molecule is FC(F)(F)c1cccc(N2CCCN(CCBr)CC2)n1. The molecule has 0 spiro atoms. The first kappa shape index (κ1) is 15.6. The van der Waals surface area contributed by atoms with Crippen LogP contribution in [-0.4, -0.2) is 47.9 Å². The molecule has 20 heavy (non-hydrogen) atoms. The van der Waals surface area contributed by atoms with Gasteiger partial charge in [-0.05, 0) is 25.1 Å². The first-order chi connectivity index (χ1) is 9.50. The van der Waals surface area contributed by atoms with Gasteiger partial charge in [0.05, 0.1) is 0 Å². The summed E-state index contributed by atoms with van der Waals surface area (Å²) < 4.78 is 38.0. The number of anilines is 1. The molecule has 1 aliphatic heterocycles. The Labute approximate surface area is 124 Å². The van der Waals surface area contributed by atoms with Crippen LogP contribution < -0.4 is 4.90 Å². The molecule has 3 nitrogen and oxygen atoms in total. The topological polar surface area (TPSA) is 19.4 Å². The number of aromatic nitrogens is 1. The molecule has 1 aromatic rings. The average Bonchev–Trinajstić information content (AvgIpc) is 2.64. The van der Waals surface area contributed by atoms with Crippen molar-refractivity contribution in [3.8, 4) is 0 Å². The molecule has 7 heteroatoms. The number of hydrogen-bond acceptors (Lipinski definition) is 3. The first-order valence-corrected chi connectivity index (χ1v) is 7.70. The van der Waals surface area contributed by atoms with Crippen molar-refractivity contribution in [3.63, 3.8) is 0 Å². The minimum Gasteiger partial charge on any atom is -0.355 e. The van der Waals surface area contributed by atoms with Gasteiger partial charge in [0.15, 0.2) is 0 Å². The summed E-state index contributed by atoms with van der Waals surface area (Å²) in [6.07, 6.45) is -3.45. The van der Waals surface area contributed by atoms with E-state index in [2.05, 4.69) is 25.8 Å². The highest BCUT2D eigenvalue weighted by Crippen LogP contribution is 2.29. The zero-order chi connectivity index (χ0) is 14.6. The molecule has 0 radical (unpaired) electrons. The van der Waals surface area contributed by atoms with Crippen molar-refractivity contribution in [2.75, 3.05) is 43.0 Å². The van der Waals surface area contributed by atoms with E-state index in [1.54, 1.807) is 6.07 Å². The molecule has 1 aliphatic rings. The number of nitrogens with zero attached hydrogens (tertiary/aromatic N) is 3. The highest BCUT2D eigenvalue weighted by Gasteiger charge is 2.32. The molecule has 1 fully saturated rings. The summed E-state index contributed by atoms with van der Waals surface area (Å²) in [7, 11) is 0. The molecule has 0 bridgehead atoms. The molecule has 0 amide bonds. The largest absolute Gasteiger partial charge is 0.433 e. The van der Waals surface area contributed by atoms with E-state index >= 15 is 0 Å². The number of rotatable bonds is 3. The zero-order valence-corrected chi connectivity index (χ0v) is 12.6. The predicted octanol–water partition coefficient (Wildman–Crippen LogP) is 3.01. The van der Waals surface area contributed by atoms with Gasteiger partial charge in [-0.1, -0.05) is 22.0 Å². The maximum atomic E-state index is 12.7. The summed E-state index contributed by atoms with van der Waals surface area (Å²) in [5, 5.41) is 0.912. The van der Waals surface area contributed by atoms with E-state index < -0.39 is 11.9 Å². The first-order valence-electron chi connectivity index (χ1n) is 6.58. The van der Waals surface area contributed by atoms with E-state index in [-0.39, 0.29) is 0 Å². The summed E-state index contributed by atoms with van der Waals surface area (Å²) in [4.78, 5) is 8.00. The number of alkyl halides is 4. The van der Waals surface area contributed by atoms with Crippen LogP contribution in [0, 0.1) is 0 Å². The van der Waals surface area contributed by atoms with Crippen molar-refractivity contribution >= 4 is 21.7 Å². The second-order valence-corrected chi connectivity index (χ2v) is 5.54. The molecule has 0 atom stereocenters. The minimum atomic E-state index is -4.39. The van der Waals surface area contributed by atoms with Gasteiger partial charge in [-0.15, -0.1) is 0 Å². The third kappa shape index (κ3) is 4.09. The van der Waals surface area contributed by atoms with E-state index in [0.717, 1.165) is 44.0 Å². The monoisotopic (exact) mass is 351 g/mol. The fourth-order valence-electron chi connectivity index (χ4n) is 2.30. The lowest BCUT2D eigenvalue weighted by atomic mass is 10.3. The second-order valence-electron chi connectivity index (χ2n) is 4.75. The van der Waals surface area contributed by atoms with Gasteiger partial charge in [-0.2, -0.15) is 13.2 Å². The van der Waals surface area contributed by atoms with Crippen LogP contribution in [0.4, 0.5) is 19.0 Å². The van der Waals surface area contributed by atoms with E-state index in [0.29, 0.717) is 12.4 Å². The highest BCUT2D eigenvalue weighted by atomic mass is 79.9. The molecular weight excluding hydrogens is 335 g/mol. The van der Waals surface area contributed by atoms with E-state index in [4.69, 9.17) is 0 Å². The van der Waals surface area contributed by atoms with Crippen LogP contribution in [-0.2, 0) is 6.18 Å². The van der Waals surface area contributed by atoms with Crippen molar-refractivity contribution < 1.29 is 13.2 Å². The summed E-state index contributed by atoms with van der Waals surface area (Å²) in [5.74, 6) is 0.417. The maximum absolute atomic E-state index is 12.7. The molecule has 112 valence electrons. The van der Waals surface area contributed by atoms with Crippen molar-refractivity contribution in [2.45, 2.75) is 12.6 Å². The van der Waals surface area contributed by atoms with Crippen LogP contribution in [0.5, 0.6) is 0 Å². The molecule has 2 rings (SSSR count). The lowest BCUT2D eigenvalue weighted by Crippen LogP contribution is -2.32. The van der Waals surface area contributed by atoms with Gasteiger partial charge in [0, 0.05) is 31.5 Å². The molecule has 2 heterocycles. The van der Waals surface area contributed by atoms with E-state index in [1.807, 2.05) is 4.90 Å². The summed E-state index contributed by atoms with van der Waals surface area (Å²) in [5.41, 5.74) is -0.823. The van der Waals surface area contributed by atoms with Gasteiger partial charge >= 0.3 is 6.18 Å². The second kappa shape index (κ2) is 6.76. The predicted molar refractivity (Wildman–Crippen MR) is 76.3 cm³/mol. The van der Waals surface area contributed by atoms with E-state index in [9.17, 15) is 13.2 Å². The quantitative estimate of drug-likeness (QED) is 0.780. The van der Waals surface area contributed by atoms with Crippen molar-refractivity contribution in [3.05, 3.63) is 23.9 Å². The van der Waals surface area contributed by atoms with Crippen LogP contribution in [0.1, 0.15) is 12.1 Å². The van der Waals surface area contributed by atoms with Gasteiger partial charge in [0.25, 0.3) is 0 Å². The van der Waals surface area contributed by atoms with Crippen LogP contribution in [0.3, 0.4) is 0 Å². The molecule has 0 aliphatic carbocycles. The summed E-state index contributed by atoms with van der Waals surface area (Å²) >= 11 is 3.41. The molecule has 0 N–H and O–H groups in total. The van der Waals surface area contributed by atoms with Crippen molar-refractivity contribution in [2.24, 2.45) is 0 Å². The van der Waals surface area contributed by atoms with Crippen LogP contribution in [0.2, 0.25) is 0 Å². The highest BCUT2D eigenvalue weighted by molar-refractivity contribution is 9.09. The normalized spacial score (nSPS) is 18.1.